The lowest BCUT2D eigenvalue weighted by Crippen LogP contribution is -2.26. The number of aryl methyl sites for hydroxylation is 1. The molecule has 0 fully saturated rings. The minimum absolute atomic E-state index is 0.0941. The SMILES string of the molecule is [O-][s+]1[nH]c(=NCCCO)c(=NCCCc2ccccc2)[nH]1. The Balaban J connectivity index is 1.96. The molecule has 1 aromatic carbocycles. The minimum atomic E-state index is -1.35. The zero-order valence-corrected chi connectivity index (χ0v) is 12.6. The summed E-state index contributed by atoms with van der Waals surface area (Å²) < 4.78 is 16.9. The summed E-state index contributed by atoms with van der Waals surface area (Å²) in [6.07, 6.45) is 2.47. The first-order valence-corrected chi connectivity index (χ1v) is 8.13. The van der Waals surface area contributed by atoms with Crippen molar-refractivity contribution in [3.63, 3.8) is 0 Å². The van der Waals surface area contributed by atoms with Crippen LogP contribution in [0.25, 0.3) is 0 Å². The molecule has 0 bridgehead atoms. The Morgan fingerprint density at radius 3 is 2.24 bits per heavy atom. The van der Waals surface area contributed by atoms with Crippen LogP contribution in [0.15, 0.2) is 40.3 Å². The Morgan fingerprint density at radius 2 is 1.62 bits per heavy atom. The van der Waals surface area contributed by atoms with Crippen LogP contribution < -0.4 is 11.0 Å². The predicted molar refractivity (Wildman–Crippen MR) is 81.1 cm³/mol. The lowest BCUT2D eigenvalue weighted by atomic mass is 10.1. The first-order valence-electron chi connectivity index (χ1n) is 6.99. The second kappa shape index (κ2) is 8.56. The van der Waals surface area contributed by atoms with Gasteiger partial charge in [0.15, 0.2) is 0 Å². The molecule has 0 saturated carbocycles. The third kappa shape index (κ3) is 5.30. The number of aromatic nitrogens is 2. The molecule has 0 amide bonds. The predicted octanol–water partition coefficient (Wildman–Crippen LogP) is 0.887. The molecule has 0 saturated heterocycles. The number of aliphatic hydroxyl groups excluding tert-OH is 1. The summed E-state index contributed by atoms with van der Waals surface area (Å²) in [5.41, 5.74) is 2.34. The average Bonchev–Trinajstić information content (AvgIpc) is 2.85. The van der Waals surface area contributed by atoms with Gasteiger partial charge in [-0.25, -0.2) is 0 Å². The number of nitrogens with one attached hydrogen (secondary N) is 2. The van der Waals surface area contributed by atoms with Crippen molar-refractivity contribution in [1.29, 1.82) is 0 Å². The van der Waals surface area contributed by atoms with Crippen LogP contribution in [-0.2, 0) is 6.42 Å². The second-order valence-corrected chi connectivity index (χ2v) is 5.55. The van der Waals surface area contributed by atoms with E-state index < -0.39 is 11.1 Å². The van der Waals surface area contributed by atoms with Gasteiger partial charge in [-0.3, -0.25) is 9.98 Å². The molecule has 1 heterocycles. The molecule has 0 aliphatic heterocycles. The molecule has 0 aliphatic carbocycles. The Kier molecular flexibility index (Phi) is 6.39. The number of hydrogen-bond acceptors (Lipinski definition) is 4. The summed E-state index contributed by atoms with van der Waals surface area (Å²) in [6, 6.07) is 10.2. The molecule has 1 atom stereocenters. The van der Waals surface area contributed by atoms with E-state index >= 15 is 0 Å². The largest absolute Gasteiger partial charge is 0.549 e. The van der Waals surface area contributed by atoms with Crippen molar-refractivity contribution in [3.8, 4) is 0 Å². The molecule has 21 heavy (non-hydrogen) atoms. The van der Waals surface area contributed by atoms with Crippen LogP contribution in [0.4, 0.5) is 0 Å². The topological polar surface area (TPSA) is 99.6 Å². The highest BCUT2D eigenvalue weighted by Crippen LogP contribution is 2.01. The maximum absolute atomic E-state index is 11.4. The van der Waals surface area contributed by atoms with Crippen LogP contribution in [0, 0.1) is 0 Å². The standard InChI is InChI=1S/C14H20N4O2S/c19-11-5-10-16-14-13(17-21(20)18-14)15-9-4-8-12-6-2-1-3-7-12/h1-3,6-7,19H,4-5,8-11H2,(H,15,17)(H,16,18). The number of rotatable bonds is 7. The summed E-state index contributed by atoms with van der Waals surface area (Å²) in [6.45, 7) is 1.23. The third-order valence-electron chi connectivity index (χ3n) is 2.93. The number of hydrogen-bond donors (Lipinski definition) is 3. The van der Waals surface area contributed by atoms with Crippen molar-refractivity contribution >= 4 is 11.1 Å². The number of aliphatic hydroxyl groups is 1. The Bertz CT molecular complexity index is 657. The van der Waals surface area contributed by atoms with Crippen LogP contribution in [-0.4, -0.2) is 38.1 Å². The van der Waals surface area contributed by atoms with Gasteiger partial charge in [0.05, 0.1) is 0 Å². The van der Waals surface area contributed by atoms with E-state index in [1.165, 1.54) is 5.56 Å². The highest BCUT2D eigenvalue weighted by molar-refractivity contribution is 7.13. The van der Waals surface area contributed by atoms with Gasteiger partial charge in [0.2, 0.25) is 11.0 Å². The number of nitrogens with zero attached hydrogens (tertiary/aromatic N) is 2. The van der Waals surface area contributed by atoms with Gasteiger partial charge in [0, 0.05) is 19.7 Å². The summed E-state index contributed by atoms with van der Waals surface area (Å²) in [7, 11) is 0. The average molecular weight is 308 g/mol. The summed E-state index contributed by atoms with van der Waals surface area (Å²) in [4.78, 5) is 8.65. The Hall–Kier alpha value is -1.70. The normalized spacial score (nSPS) is 13.9. The van der Waals surface area contributed by atoms with E-state index in [1.807, 2.05) is 18.2 Å². The lowest BCUT2D eigenvalue weighted by molar-refractivity contribution is 0.291. The van der Waals surface area contributed by atoms with Gasteiger partial charge in [-0.1, -0.05) is 30.3 Å². The molecule has 2 rings (SSSR count). The van der Waals surface area contributed by atoms with Crippen molar-refractivity contribution in [2.24, 2.45) is 9.98 Å². The molecule has 0 radical (unpaired) electrons. The van der Waals surface area contributed by atoms with Crippen molar-refractivity contribution in [3.05, 3.63) is 46.9 Å². The van der Waals surface area contributed by atoms with E-state index in [9.17, 15) is 4.55 Å². The molecule has 0 spiro atoms. The van der Waals surface area contributed by atoms with E-state index in [1.54, 1.807) is 0 Å². The van der Waals surface area contributed by atoms with Gasteiger partial charge in [-0.05, 0) is 24.8 Å². The highest BCUT2D eigenvalue weighted by Gasteiger charge is 1.98. The molecule has 6 nitrogen and oxygen atoms in total. The second-order valence-electron chi connectivity index (χ2n) is 4.60. The van der Waals surface area contributed by atoms with Crippen LogP contribution in [0.1, 0.15) is 18.4 Å². The van der Waals surface area contributed by atoms with E-state index in [4.69, 9.17) is 5.11 Å². The molecule has 3 N–H and O–H groups in total. The fourth-order valence-electron chi connectivity index (χ4n) is 1.89. The molecular formula is C14H20N4O2S. The van der Waals surface area contributed by atoms with Crippen molar-refractivity contribution < 1.29 is 9.66 Å². The van der Waals surface area contributed by atoms with Gasteiger partial charge >= 0.3 is 0 Å². The van der Waals surface area contributed by atoms with Crippen LogP contribution in [0.5, 0.6) is 0 Å². The summed E-state index contributed by atoms with van der Waals surface area (Å²) in [5.74, 6) is 0. The van der Waals surface area contributed by atoms with Gasteiger partial charge in [-0.2, -0.15) is 8.75 Å². The number of aromatic amines is 2. The first kappa shape index (κ1) is 15.7. The van der Waals surface area contributed by atoms with Gasteiger partial charge in [0.25, 0.3) is 0 Å². The number of H-pyrrole nitrogens is 2. The molecule has 7 heteroatoms. The fraction of sp³-hybridized carbons (Fsp3) is 0.429. The Labute approximate surface area is 126 Å². The van der Waals surface area contributed by atoms with Gasteiger partial charge in [0.1, 0.15) is 11.1 Å². The van der Waals surface area contributed by atoms with Gasteiger partial charge in [-0.15, -0.1) is 0 Å². The quantitative estimate of drug-likeness (QED) is 0.522. The van der Waals surface area contributed by atoms with Crippen molar-refractivity contribution in [2.75, 3.05) is 19.7 Å². The maximum Gasteiger partial charge on any atom is 0.219 e. The fourth-order valence-corrected chi connectivity index (χ4v) is 2.62. The maximum atomic E-state index is 11.4. The van der Waals surface area contributed by atoms with Crippen molar-refractivity contribution in [1.82, 2.24) is 8.75 Å². The zero-order valence-electron chi connectivity index (χ0n) is 11.8. The van der Waals surface area contributed by atoms with Crippen molar-refractivity contribution in [2.45, 2.75) is 19.3 Å². The number of benzene rings is 1. The molecule has 1 unspecified atom stereocenters. The lowest BCUT2D eigenvalue weighted by Gasteiger charge is -1.97. The summed E-state index contributed by atoms with van der Waals surface area (Å²) in [5, 5.41) is 8.74. The molecule has 2 aromatic rings. The van der Waals surface area contributed by atoms with E-state index in [0.29, 0.717) is 30.5 Å². The zero-order chi connectivity index (χ0) is 14.9. The Morgan fingerprint density at radius 1 is 1.00 bits per heavy atom. The van der Waals surface area contributed by atoms with E-state index in [2.05, 4.69) is 30.9 Å². The molecular weight excluding hydrogens is 288 g/mol. The van der Waals surface area contributed by atoms with Crippen LogP contribution >= 0.6 is 11.1 Å². The van der Waals surface area contributed by atoms with E-state index in [-0.39, 0.29) is 6.61 Å². The monoisotopic (exact) mass is 308 g/mol. The van der Waals surface area contributed by atoms with Gasteiger partial charge < -0.3 is 9.66 Å². The third-order valence-corrected chi connectivity index (χ3v) is 3.68. The molecule has 114 valence electrons. The summed E-state index contributed by atoms with van der Waals surface area (Å²) >= 11 is -1.35. The van der Waals surface area contributed by atoms with Crippen LogP contribution in [0.3, 0.4) is 0 Å². The first-order chi connectivity index (χ1) is 10.3. The highest BCUT2D eigenvalue weighted by atomic mass is 32.2. The minimum Gasteiger partial charge on any atom is -0.549 e. The van der Waals surface area contributed by atoms with Crippen LogP contribution in [0.2, 0.25) is 0 Å². The molecule has 1 aromatic heterocycles. The molecule has 0 aliphatic rings. The smallest absolute Gasteiger partial charge is 0.219 e. The van der Waals surface area contributed by atoms with E-state index in [0.717, 1.165) is 12.8 Å².